The van der Waals surface area contributed by atoms with E-state index in [-0.39, 0.29) is 11.1 Å². The van der Waals surface area contributed by atoms with E-state index in [1.54, 1.807) is 6.20 Å². The van der Waals surface area contributed by atoms with Crippen LogP contribution in [0.15, 0.2) is 72.0 Å². The van der Waals surface area contributed by atoms with Gasteiger partial charge in [-0.15, -0.1) is 0 Å². The highest BCUT2D eigenvalue weighted by Gasteiger charge is 2.37. The summed E-state index contributed by atoms with van der Waals surface area (Å²) in [5.74, 6) is 0.317. The van der Waals surface area contributed by atoms with Gasteiger partial charge >= 0.3 is 0 Å². The van der Waals surface area contributed by atoms with Crippen molar-refractivity contribution >= 4 is 28.1 Å². The first-order valence-corrected chi connectivity index (χ1v) is 13.2. The second-order valence-corrected chi connectivity index (χ2v) is 10.2. The van der Waals surface area contributed by atoms with Crippen LogP contribution in [0.4, 0.5) is 0 Å². The van der Waals surface area contributed by atoms with Gasteiger partial charge < -0.3 is 0 Å². The van der Waals surface area contributed by atoms with Gasteiger partial charge in [0.1, 0.15) is 35.4 Å². The van der Waals surface area contributed by atoms with E-state index in [4.69, 9.17) is 4.98 Å². The summed E-state index contributed by atoms with van der Waals surface area (Å²) in [4.78, 5) is 4.71. The van der Waals surface area contributed by atoms with Crippen molar-refractivity contribution in [2.75, 3.05) is 0 Å². The fraction of sp³-hybridized carbons (Fsp3) is 0.114. The van der Waals surface area contributed by atoms with E-state index < -0.39 is 0 Å². The summed E-state index contributed by atoms with van der Waals surface area (Å²) in [7, 11) is 0. The van der Waals surface area contributed by atoms with Gasteiger partial charge in [-0.1, -0.05) is 49.4 Å². The molecule has 7 rings (SSSR count). The second kappa shape index (κ2) is 8.64. The Bertz CT molecular complexity index is 2080. The molecule has 0 spiro atoms. The molecule has 1 aromatic heterocycles. The van der Waals surface area contributed by atoms with Crippen molar-refractivity contribution in [3.63, 3.8) is 0 Å². The number of fused-ring (bicyclic) bond motifs is 10. The summed E-state index contributed by atoms with van der Waals surface area (Å²) < 4.78 is 0. The minimum absolute atomic E-state index is 0.0191. The molecule has 5 heteroatoms. The molecule has 184 valence electrons. The van der Waals surface area contributed by atoms with Crippen molar-refractivity contribution in [1.82, 2.24) is 4.98 Å². The molecule has 0 saturated carbocycles. The van der Waals surface area contributed by atoms with Crippen LogP contribution in [0.25, 0.3) is 50.4 Å². The summed E-state index contributed by atoms with van der Waals surface area (Å²) in [6, 6.07) is 24.4. The topological polar surface area (TPSA) is 108 Å². The molecule has 0 radical (unpaired) electrons. The lowest BCUT2D eigenvalue weighted by Gasteiger charge is -2.24. The van der Waals surface area contributed by atoms with Gasteiger partial charge in [0.2, 0.25) is 0 Å². The monoisotopic (exact) mass is 509 g/mol. The number of nitriles is 4. The van der Waals surface area contributed by atoms with Gasteiger partial charge in [0.15, 0.2) is 0 Å². The van der Waals surface area contributed by atoms with E-state index in [2.05, 4.69) is 55.5 Å². The standard InChI is InChI=1S/C35H19N5/c1-2-19-5-3-6-20-8-10-24-31(22(15-36)16-37)26-13-27-29(14-28(26)33(24)30(19)20)34-25(32(27)23(17-38)18-39)11-9-21-7-4-12-40-35(21)34/h3-4,6-14,19H,2,5H2,1H3. The number of pyridine rings is 1. The molecule has 0 N–H and O–H groups in total. The molecular weight excluding hydrogens is 490 g/mol. The molecule has 0 amide bonds. The van der Waals surface area contributed by atoms with Crippen LogP contribution in [0.1, 0.15) is 59.1 Å². The molecule has 3 aliphatic rings. The van der Waals surface area contributed by atoms with Crippen molar-refractivity contribution in [1.29, 1.82) is 21.0 Å². The Morgan fingerprint density at radius 2 is 1.40 bits per heavy atom. The minimum atomic E-state index is 0.0191. The van der Waals surface area contributed by atoms with Crippen LogP contribution in [0.5, 0.6) is 0 Å². The lowest BCUT2D eigenvalue weighted by Crippen LogP contribution is -2.05. The zero-order chi connectivity index (χ0) is 27.5. The summed E-state index contributed by atoms with van der Waals surface area (Å²) in [5, 5.41) is 40.9. The number of allylic oxidation sites excluding steroid dienone is 3. The highest BCUT2D eigenvalue weighted by atomic mass is 14.7. The van der Waals surface area contributed by atoms with Crippen LogP contribution < -0.4 is 0 Å². The number of rotatable bonds is 1. The van der Waals surface area contributed by atoms with Crippen LogP contribution in [0.2, 0.25) is 0 Å². The largest absolute Gasteiger partial charge is 0.256 e. The Morgan fingerprint density at radius 3 is 2.08 bits per heavy atom. The number of hydrogen-bond acceptors (Lipinski definition) is 5. The van der Waals surface area contributed by atoms with Crippen LogP contribution in [0.3, 0.4) is 0 Å². The van der Waals surface area contributed by atoms with E-state index in [0.717, 1.165) is 73.8 Å². The molecule has 0 saturated heterocycles. The first-order valence-electron chi connectivity index (χ1n) is 13.2. The number of nitrogens with zero attached hydrogens (tertiary/aromatic N) is 5. The van der Waals surface area contributed by atoms with E-state index in [9.17, 15) is 21.0 Å². The molecule has 4 aromatic rings. The van der Waals surface area contributed by atoms with E-state index >= 15 is 0 Å². The van der Waals surface area contributed by atoms with Gasteiger partial charge in [0.05, 0.1) is 5.52 Å². The first kappa shape index (κ1) is 23.4. The van der Waals surface area contributed by atoms with Gasteiger partial charge in [0, 0.05) is 28.3 Å². The molecule has 0 fully saturated rings. The first-order chi connectivity index (χ1) is 19.6. The highest BCUT2D eigenvalue weighted by molar-refractivity contribution is 6.15. The summed E-state index contributed by atoms with van der Waals surface area (Å²) in [5.41, 5.74) is 11.5. The normalized spacial score (nSPS) is 15.1. The zero-order valence-electron chi connectivity index (χ0n) is 21.6. The molecule has 3 aromatic carbocycles. The van der Waals surface area contributed by atoms with Crippen LogP contribution in [-0.2, 0) is 0 Å². The van der Waals surface area contributed by atoms with Crippen molar-refractivity contribution in [2.24, 2.45) is 0 Å². The summed E-state index contributed by atoms with van der Waals surface area (Å²) in [6.45, 7) is 2.19. The Kier molecular flexibility index (Phi) is 5.05. The summed E-state index contributed by atoms with van der Waals surface area (Å²) >= 11 is 0. The third-order valence-corrected chi connectivity index (χ3v) is 8.39. The Balaban J connectivity index is 1.67. The fourth-order valence-electron chi connectivity index (χ4n) is 6.72. The third-order valence-electron chi connectivity index (χ3n) is 8.39. The maximum absolute atomic E-state index is 10.00. The molecule has 5 nitrogen and oxygen atoms in total. The number of benzene rings is 3. The van der Waals surface area contributed by atoms with Gasteiger partial charge in [-0.25, -0.2) is 0 Å². The van der Waals surface area contributed by atoms with E-state index in [1.165, 1.54) is 5.56 Å². The predicted octanol–water partition coefficient (Wildman–Crippen LogP) is 7.80. The maximum Gasteiger partial charge on any atom is 0.138 e. The molecule has 1 heterocycles. The van der Waals surface area contributed by atoms with Crippen molar-refractivity contribution < 1.29 is 0 Å². The zero-order valence-corrected chi connectivity index (χ0v) is 21.6. The Hall–Kier alpha value is -5.75. The van der Waals surface area contributed by atoms with Crippen molar-refractivity contribution in [3.8, 4) is 46.5 Å². The lowest BCUT2D eigenvalue weighted by molar-refractivity contribution is 0.670. The minimum Gasteiger partial charge on any atom is -0.256 e. The van der Waals surface area contributed by atoms with Gasteiger partial charge in [0.25, 0.3) is 0 Å². The van der Waals surface area contributed by atoms with Gasteiger partial charge in [-0.2, -0.15) is 21.0 Å². The fourth-order valence-corrected chi connectivity index (χ4v) is 6.72. The predicted molar refractivity (Wildman–Crippen MR) is 154 cm³/mol. The van der Waals surface area contributed by atoms with Crippen LogP contribution in [-0.4, -0.2) is 4.98 Å². The van der Waals surface area contributed by atoms with Gasteiger partial charge in [-0.05, 0) is 87.0 Å². The SMILES string of the molecule is CCC1CC=Cc2ccc3c(c21)-c1cc2c(cc1C3=C(C#N)C#N)C(=C(C#N)C#N)c1ccc3cccnc3c1-2. The number of aromatic nitrogens is 1. The third kappa shape index (κ3) is 2.95. The van der Waals surface area contributed by atoms with Crippen LogP contribution in [0, 0.1) is 45.3 Å². The van der Waals surface area contributed by atoms with Crippen molar-refractivity contribution in [3.05, 3.63) is 105 Å². The highest BCUT2D eigenvalue weighted by Crippen LogP contribution is 2.56. The average molecular weight is 510 g/mol. The molecule has 40 heavy (non-hydrogen) atoms. The lowest BCUT2D eigenvalue weighted by atomic mass is 9.80. The molecular formula is C35H19N5. The molecule has 1 unspecified atom stereocenters. The van der Waals surface area contributed by atoms with E-state index in [0.29, 0.717) is 17.1 Å². The number of hydrogen-bond donors (Lipinski definition) is 0. The molecule has 1 atom stereocenters. The quantitative estimate of drug-likeness (QED) is 0.210. The van der Waals surface area contributed by atoms with Gasteiger partial charge in [-0.3, -0.25) is 4.98 Å². The molecule has 0 aliphatic heterocycles. The Morgan fingerprint density at radius 1 is 0.775 bits per heavy atom. The van der Waals surface area contributed by atoms with E-state index in [1.807, 2.05) is 36.4 Å². The van der Waals surface area contributed by atoms with Crippen molar-refractivity contribution in [2.45, 2.75) is 25.7 Å². The smallest absolute Gasteiger partial charge is 0.138 e. The second-order valence-electron chi connectivity index (χ2n) is 10.2. The Labute approximate surface area is 231 Å². The average Bonchev–Trinajstić information content (AvgIpc) is 3.50. The molecule has 3 aliphatic carbocycles. The maximum atomic E-state index is 10.00. The van der Waals surface area contributed by atoms with Crippen LogP contribution >= 0.6 is 0 Å². The molecule has 0 bridgehead atoms. The summed E-state index contributed by atoms with van der Waals surface area (Å²) in [6.07, 6.45) is 8.02.